The Balaban J connectivity index is 1.68. The van der Waals surface area contributed by atoms with Crippen LogP contribution in [0.5, 0.6) is 11.5 Å². The summed E-state index contributed by atoms with van der Waals surface area (Å²) in [5.74, 6) is 4.01. The van der Waals surface area contributed by atoms with E-state index < -0.39 is 0 Å². The van der Waals surface area contributed by atoms with Crippen molar-refractivity contribution >= 4 is 17.7 Å². The second-order valence-electron chi connectivity index (χ2n) is 6.62. The Morgan fingerprint density at radius 1 is 1.40 bits per heavy atom. The lowest BCUT2D eigenvalue weighted by Gasteiger charge is -2.15. The Hall–Kier alpha value is -1.56. The van der Waals surface area contributed by atoms with Crippen molar-refractivity contribution in [1.82, 2.24) is 10.6 Å². The van der Waals surface area contributed by atoms with Gasteiger partial charge < -0.3 is 20.1 Å². The van der Waals surface area contributed by atoms with Gasteiger partial charge in [-0.15, -0.1) is 0 Å². The predicted octanol–water partition coefficient (Wildman–Crippen LogP) is 2.97. The Morgan fingerprint density at radius 2 is 2.28 bits per heavy atom. The lowest BCUT2D eigenvalue weighted by atomic mass is 10.1. The van der Waals surface area contributed by atoms with Gasteiger partial charge in [0.25, 0.3) is 0 Å². The molecule has 2 aliphatic rings. The van der Waals surface area contributed by atoms with Crippen molar-refractivity contribution < 1.29 is 9.47 Å². The Labute approximate surface area is 155 Å². The summed E-state index contributed by atoms with van der Waals surface area (Å²) in [6.07, 6.45) is 3.81. The van der Waals surface area contributed by atoms with Gasteiger partial charge in [0.2, 0.25) is 0 Å². The number of rotatable bonds is 6. The molecule has 2 atom stereocenters. The molecule has 1 aromatic carbocycles. The Bertz CT molecular complexity index is 615. The smallest absolute Gasteiger partial charge is 0.191 e. The van der Waals surface area contributed by atoms with E-state index in [4.69, 9.17) is 14.5 Å². The lowest BCUT2D eigenvalue weighted by Crippen LogP contribution is -2.40. The molecular weight excluding hydrogens is 334 g/mol. The molecule has 5 nitrogen and oxygen atoms in total. The third-order valence-corrected chi connectivity index (χ3v) is 5.97. The topological polar surface area (TPSA) is 54.9 Å². The summed E-state index contributed by atoms with van der Waals surface area (Å²) in [7, 11) is 1.72. The molecule has 2 unspecified atom stereocenters. The average Bonchev–Trinajstić information content (AvgIpc) is 3.24. The van der Waals surface area contributed by atoms with Crippen LogP contribution in [-0.4, -0.2) is 43.3 Å². The molecule has 0 radical (unpaired) electrons. The van der Waals surface area contributed by atoms with Crippen molar-refractivity contribution in [2.45, 2.75) is 51.0 Å². The molecule has 2 aliphatic heterocycles. The number of nitrogens with zero attached hydrogens (tertiary/aromatic N) is 1. The highest BCUT2D eigenvalue weighted by Crippen LogP contribution is 2.35. The van der Waals surface area contributed by atoms with E-state index in [-0.39, 0.29) is 6.10 Å². The molecule has 1 saturated heterocycles. The maximum atomic E-state index is 5.88. The second kappa shape index (κ2) is 8.70. The van der Waals surface area contributed by atoms with Crippen LogP contribution in [0.25, 0.3) is 0 Å². The highest BCUT2D eigenvalue weighted by atomic mass is 32.2. The molecule has 0 aromatic heterocycles. The van der Waals surface area contributed by atoms with Gasteiger partial charge in [0.15, 0.2) is 5.96 Å². The number of hydrogen-bond acceptors (Lipinski definition) is 4. The summed E-state index contributed by atoms with van der Waals surface area (Å²) in [5.41, 5.74) is 2.28. The Morgan fingerprint density at radius 3 is 3.00 bits per heavy atom. The zero-order valence-electron chi connectivity index (χ0n) is 15.4. The first-order valence-electron chi connectivity index (χ1n) is 9.19. The van der Waals surface area contributed by atoms with Crippen LogP contribution in [0.4, 0.5) is 0 Å². The van der Waals surface area contributed by atoms with Gasteiger partial charge in [-0.05, 0) is 44.6 Å². The number of guanidine groups is 1. The van der Waals surface area contributed by atoms with Gasteiger partial charge in [-0.25, -0.2) is 4.99 Å². The van der Waals surface area contributed by atoms with Gasteiger partial charge in [-0.2, -0.15) is 11.8 Å². The van der Waals surface area contributed by atoms with Crippen molar-refractivity contribution in [3.8, 4) is 11.5 Å². The molecule has 0 amide bonds. The van der Waals surface area contributed by atoms with E-state index in [2.05, 4.69) is 48.4 Å². The van der Waals surface area contributed by atoms with E-state index in [1.807, 2.05) is 0 Å². The quantitative estimate of drug-likeness (QED) is 0.601. The third-order valence-electron chi connectivity index (χ3n) is 4.57. The average molecular weight is 364 g/mol. The van der Waals surface area contributed by atoms with Crippen LogP contribution in [0.1, 0.15) is 37.8 Å². The molecule has 0 saturated carbocycles. The highest BCUT2D eigenvalue weighted by molar-refractivity contribution is 8.00. The molecule has 3 rings (SSSR count). The summed E-state index contributed by atoms with van der Waals surface area (Å²) >= 11 is 2.05. The molecule has 2 heterocycles. The molecule has 1 aromatic rings. The van der Waals surface area contributed by atoms with E-state index in [1.54, 1.807) is 7.11 Å². The maximum Gasteiger partial charge on any atom is 0.191 e. The molecule has 25 heavy (non-hydrogen) atoms. The molecular formula is C19H29N3O2S. The highest BCUT2D eigenvalue weighted by Gasteiger charge is 2.21. The van der Waals surface area contributed by atoms with Gasteiger partial charge in [-0.1, -0.05) is 0 Å². The minimum Gasteiger partial charge on any atom is -0.496 e. The van der Waals surface area contributed by atoms with Crippen molar-refractivity contribution in [2.24, 2.45) is 4.99 Å². The van der Waals surface area contributed by atoms with Gasteiger partial charge >= 0.3 is 0 Å². The molecule has 0 aliphatic carbocycles. The fraction of sp³-hybridized carbons (Fsp3) is 0.632. The standard InChI is InChI=1S/C19H29N3O2S/c1-4-20-19(22-12-16-6-5-7-25-16)21-11-15-10-18-14(8-13(2)24-18)9-17(15)23-3/h9-10,13,16H,4-8,11-12H2,1-3H3,(H2,20,21,22). The normalized spacial score (nSPS) is 22.4. The van der Waals surface area contributed by atoms with Crippen molar-refractivity contribution in [2.75, 3.05) is 26.0 Å². The zero-order valence-corrected chi connectivity index (χ0v) is 16.2. The first-order chi connectivity index (χ1) is 12.2. The first-order valence-corrected chi connectivity index (χ1v) is 10.2. The third kappa shape index (κ3) is 4.75. The lowest BCUT2D eigenvalue weighted by molar-refractivity contribution is 0.254. The summed E-state index contributed by atoms with van der Waals surface area (Å²) in [5, 5.41) is 7.51. The van der Waals surface area contributed by atoms with E-state index in [1.165, 1.54) is 24.2 Å². The molecule has 6 heteroatoms. The summed E-state index contributed by atoms with van der Waals surface area (Å²) in [4.78, 5) is 4.75. The number of benzene rings is 1. The molecule has 2 N–H and O–H groups in total. The van der Waals surface area contributed by atoms with Gasteiger partial charge in [-0.3, -0.25) is 0 Å². The zero-order chi connectivity index (χ0) is 17.6. The van der Waals surface area contributed by atoms with E-state index >= 15 is 0 Å². The number of aliphatic imine (C=N–C) groups is 1. The van der Waals surface area contributed by atoms with Crippen LogP contribution in [0.3, 0.4) is 0 Å². The summed E-state index contributed by atoms with van der Waals surface area (Å²) in [6.45, 7) is 6.58. The largest absolute Gasteiger partial charge is 0.496 e. The fourth-order valence-corrected chi connectivity index (χ4v) is 4.52. The van der Waals surface area contributed by atoms with Crippen molar-refractivity contribution in [3.05, 3.63) is 23.3 Å². The van der Waals surface area contributed by atoms with Crippen molar-refractivity contribution in [3.63, 3.8) is 0 Å². The van der Waals surface area contributed by atoms with Crippen LogP contribution in [0.2, 0.25) is 0 Å². The number of thioether (sulfide) groups is 1. The summed E-state index contributed by atoms with van der Waals surface area (Å²) < 4.78 is 11.4. The summed E-state index contributed by atoms with van der Waals surface area (Å²) in [6, 6.07) is 4.18. The van der Waals surface area contributed by atoms with Crippen LogP contribution in [-0.2, 0) is 13.0 Å². The minimum atomic E-state index is 0.237. The van der Waals surface area contributed by atoms with Crippen LogP contribution >= 0.6 is 11.8 Å². The monoisotopic (exact) mass is 363 g/mol. The van der Waals surface area contributed by atoms with Crippen LogP contribution in [0, 0.1) is 0 Å². The van der Waals surface area contributed by atoms with Crippen molar-refractivity contribution in [1.29, 1.82) is 0 Å². The number of ether oxygens (including phenoxy) is 2. The SMILES string of the molecule is CCNC(=NCc1cc2c(cc1OC)CC(C)O2)NCC1CCCS1. The molecule has 0 spiro atoms. The minimum absolute atomic E-state index is 0.237. The number of methoxy groups -OCH3 is 1. The van der Waals surface area contributed by atoms with E-state index in [0.717, 1.165) is 42.5 Å². The number of fused-ring (bicyclic) bond motifs is 1. The number of nitrogens with one attached hydrogen (secondary N) is 2. The second-order valence-corrected chi connectivity index (χ2v) is 8.02. The van der Waals surface area contributed by atoms with Gasteiger partial charge in [0.1, 0.15) is 17.6 Å². The van der Waals surface area contributed by atoms with Gasteiger partial charge in [0.05, 0.1) is 13.7 Å². The molecule has 138 valence electrons. The predicted molar refractivity (Wildman–Crippen MR) is 105 cm³/mol. The van der Waals surface area contributed by atoms with Crippen LogP contribution in [0.15, 0.2) is 17.1 Å². The number of hydrogen-bond donors (Lipinski definition) is 2. The van der Waals surface area contributed by atoms with Crippen LogP contribution < -0.4 is 20.1 Å². The van der Waals surface area contributed by atoms with E-state index in [0.29, 0.717) is 11.8 Å². The maximum absolute atomic E-state index is 5.88. The van der Waals surface area contributed by atoms with Gasteiger partial charge in [0, 0.05) is 35.9 Å². The first kappa shape index (κ1) is 18.2. The van der Waals surface area contributed by atoms with E-state index in [9.17, 15) is 0 Å². The molecule has 0 bridgehead atoms. The Kier molecular flexibility index (Phi) is 6.34. The fourth-order valence-electron chi connectivity index (χ4n) is 3.32. The molecule has 1 fully saturated rings.